The van der Waals surface area contributed by atoms with Crippen molar-refractivity contribution in [2.45, 2.75) is 116 Å². The van der Waals surface area contributed by atoms with Crippen LogP contribution in [0.3, 0.4) is 0 Å². The van der Waals surface area contributed by atoms with Crippen molar-refractivity contribution in [3.8, 4) is 0 Å². The molecule has 0 saturated carbocycles. The largest absolute Gasteiger partial charge is 0.461 e. The van der Waals surface area contributed by atoms with Gasteiger partial charge in [0.2, 0.25) is 0 Å². The van der Waals surface area contributed by atoms with Gasteiger partial charge in [-0.15, -0.1) is 0 Å². The second kappa shape index (κ2) is 17.3. The number of ketones is 1. The quantitative estimate of drug-likeness (QED) is 0.131. The van der Waals surface area contributed by atoms with Crippen molar-refractivity contribution >= 4 is 12.3 Å². The minimum atomic E-state index is 0.188. The summed E-state index contributed by atoms with van der Waals surface area (Å²) in [6, 6.07) is 1.83. The molecule has 1 rings (SSSR count). The van der Waals surface area contributed by atoms with Gasteiger partial charge >= 0.3 is 0 Å². The standard InChI is InChI=1S/C25H43NO3/c1-3-4-5-6-7-8-9-10-11-12-13-14-15-16-17-18-25(28)23-19-24(21-29-22-27)26(2)20-23/h19-20,22H,3-18,21H2,1-2H3. The van der Waals surface area contributed by atoms with Gasteiger partial charge < -0.3 is 9.30 Å². The maximum atomic E-state index is 12.3. The van der Waals surface area contributed by atoms with E-state index in [1.54, 1.807) is 0 Å². The van der Waals surface area contributed by atoms with Crippen molar-refractivity contribution in [2.24, 2.45) is 7.05 Å². The molecule has 4 nitrogen and oxygen atoms in total. The van der Waals surface area contributed by atoms with Crippen molar-refractivity contribution in [2.75, 3.05) is 0 Å². The SMILES string of the molecule is CCCCCCCCCCCCCCCCCC(=O)c1cc(COC=O)n(C)c1. The third-order valence-corrected chi connectivity index (χ3v) is 5.74. The Morgan fingerprint density at radius 2 is 1.34 bits per heavy atom. The second-order valence-electron chi connectivity index (χ2n) is 8.36. The molecule has 0 aromatic carbocycles. The average Bonchev–Trinajstić information content (AvgIpc) is 3.09. The summed E-state index contributed by atoms with van der Waals surface area (Å²) in [6.07, 6.45) is 22.4. The van der Waals surface area contributed by atoms with Crippen LogP contribution in [-0.2, 0) is 23.2 Å². The van der Waals surface area contributed by atoms with Gasteiger partial charge in [-0.3, -0.25) is 9.59 Å². The third-order valence-electron chi connectivity index (χ3n) is 5.74. The number of Topliss-reactive ketones (excluding diaryl/α,β-unsaturated/α-hetero) is 1. The lowest BCUT2D eigenvalue weighted by Crippen LogP contribution is -1.97. The van der Waals surface area contributed by atoms with Crippen molar-refractivity contribution < 1.29 is 14.3 Å². The molecule has 0 aliphatic rings. The summed E-state index contributed by atoms with van der Waals surface area (Å²) < 4.78 is 6.62. The van der Waals surface area contributed by atoms with Crippen LogP contribution in [0.1, 0.15) is 126 Å². The van der Waals surface area contributed by atoms with Crippen LogP contribution in [0.5, 0.6) is 0 Å². The highest BCUT2D eigenvalue weighted by atomic mass is 16.5. The summed E-state index contributed by atoms with van der Waals surface area (Å²) in [5.41, 5.74) is 1.57. The first-order valence-corrected chi connectivity index (χ1v) is 11.9. The zero-order chi connectivity index (χ0) is 21.2. The van der Waals surface area contributed by atoms with Gasteiger partial charge in [0.1, 0.15) is 6.61 Å². The zero-order valence-corrected chi connectivity index (χ0v) is 18.9. The normalized spacial score (nSPS) is 11.0. The zero-order valence-electron chi connectivity index (χ0n) is 18.9. The number of hydrogen-bond donors (Lipinski definition) is 0. The van der Waals surface area contributed by atoms with Crippen molar-refractivity contribution in [3.05, 3.63) is 23.5 Å². The Bertz CT molecular complexity index is 550. The predicted molar refractivity (Wildman–Crippen MR) is 120 cm³/mol. The van der Waals surface area contributed by atoms with Gasteiger partial charge in [0, 0.05) is 25.2 Å². The molecular weight excluding hydrogens is 362 g/mol. The Morgan fingerprint density at radius 3 is 1.83 bits per heavy atom. The molecule has 0 amide bonds. The van der Waals surface area contributed by atoms with Crippen molar-refractivity contribution in [1.82, 2.24) is 4.57 Å². The van der Waals surface area contributed by atoms with Gasteiger partial charge in [0.25, 0.3) is 6.47 Å². The van der Waals surface area contributed by atoms with E-state index in [-0.39, 0.29) is 12.4 Å². The molecule has 0 atom stereocenters. The summed E-state index contributed by atoms with van der Waals surface area (Å²) in [5, 5.41) is 0. The first-order chi connectivity index (χ1) is 14.2. The maximum absolute atomic E-state index is 12.3. The first-order valence-electron chi connectivity index (χ1n) is 11.9. The van der Waals surface area contributed by atoms with Gasteiger partial charge in [-0.05, 0) is 12.5 Å². The lowest BCUT2D eigenvalue weighted by molar-refractivity contribution is -0.129. The Hall–Kier alpha value is -1.58. The minimum absolute atomic E-state index is 0.188. The molecule has 29 heavy (non-hydrogen) atoms. The van der Waals surface area contributed by atoms with Crippen molar-refractivity contribution in [3.63, 3.8) is 0 Å². The molecule has 0 saturated heterocycles. The molecule has 4 heteroatoms. The number of carbonyl (C=O) groups excluding carboxylic acids is 2. The van der Waals surface area contributed by atoms with E-state index in [4.69, 9.17) is 4.74 Å². The highest BCUT2D eigenvalue weighted by molar-refractivity contribution is 5.96. The fourth-order valence-corrected chi connectivity index (χ4v) is 3.83. The van der Waals surface area contributed by atoms with E-state index in [0.717, 1.165) is 24.1 Å². The smallest absolute Gasteiger partial charge is 0.293 e. The lowest BCUT2D eigenvalue weighted by Gasteiger charge is -2.03. The van der Waals surface area contributed by atoms with Crippen LogP contribution < -0.4 is 0 Å². The number of carbonyl (C=O) groups is 2. The lowest BCUT2D eigenvalue weighted by atomic mass is 10.0. The minimum Gasteiger partial charge on any atom is -0.461 e. The Kier molecular flexibility index (Phi) is 15.2. The van der Waals surface area contributed by atoms with Crippen LogP contribution in [0.2, 0.25) is 0 Å². The summed E-state index contributed by atoms with van der Waals surface area (Å²) >= 11 is 0. The fraction of sp³-hybridized carbons (Fsp3) is 0.760. The topological polar surface area (TPSA) is 48.3 Å². The van der Waals surface area contributed by atoms with Gasteiger partial charge in [-0.2, -0.15) is 0 Å². The van der Waals surface area contributed by atoms with Crippen LogP contribution in [-0.4, -0.2) is 16.8 Å². The first kappa shape index (κ1) is 25.5. The monoisotopic (exact) mass is 405 g/mol. The summed E-state index contributed by atoms with van der Waals surface area (Å²) in [4.78, 5) is 22.6. The summed E-state index contributed by atoms with van der Waals surface area (Å²) in [7, 11) is 1.87. The second-order valence-corrected chi connectivity index (χ2v) is 8.36. The van der Waals surface area contributed by atoms with E-state index >= 15 is 0 Å². The number of nitrogens with zero attached hydrogens (tertiary/aromatic N) is 1. The average molecular weight is 406 g/mol. The van der Waals surface area contributed by atoms with E-state index in [0.29, 0.717) is 12.9 Å². The molecule has 0 unspecified atom stereocenters. The van der Waals surface area contributed by atoms with E-state index in [2.05, 4.69) is 6.92 Å². The van der Waals surface area contributed by atoms with Crippen LogP contribution in [0, 0.1) is 0 Å². The molecule has 0 N–H and O–H groups in total. The molecule has 0 fully saturated rings. The number of unbranched alkanes of at least 4 members (excludes halogenated alkanes) is 14. The Labute approximate surface area is 178 Å². The summed E-state index contributed by atoms with van der Waals surface area (Å²) in [6.45, 7) is 2.92. The summed E-state index contributed by atoms with van der Waals surface area (Å²) in [5.74, 6) is 0.188. The van der Waals surface area contributed by atoms with Gasteiger partial charge in [0.05, 0.1) is 5.69 Å². The van der Waals surface area contributed by atoms with Gasteiger partial charge in [-0.1, -0.05) is 96.8 Å². The molecular formula is C25H43NO3. The van der Waals surface area contributed by atoms with Crippen LogP contribution >= 0.6 is 0 Å². The number of aryl methyl sites for hydroxylation is 1. The molecule has 1 aromatic rings. The van der Waals surface area contributed by atoms with Gasteiger partial charge in [-0.25, -0.2) is 0 Å². The number of ether oxygens (including phenoxy) is 1. The van der Waals surface area contributed by atoms with E-state index < -0.39 is 0 Å². The molecule has 1 aromatic heterocycles. The molecule has 1 heterocycles. The molecule has 166 valence electrons. The highest BCUT2D eigenvalue weighted by Crippen LogP contribution is 2.16. The van der Waals surface area contributed by atoms with Crippen molar-refractivity contribution in [1.29, 1.82) is 0 Å². The number of rotatable bonds is 20. The van der Waals surface area contributed by atoms with Gasteiger partial charge in [0.15, 0.2) is 5.78 Å². The van der Waals surface area contributed by atoms with E-state index in [1.807, 2.05) is 23.9 Å². The molecule has 0 aliphatic heterocycles. The van der Waals surface area contributed by atoms with E-state index in [9.17, 15) is 9.59 Å². The van der Waals surface area contributed by atoms with Crippen LogP contribution in [0.25, 0.3) is 0 Å². The van der Waals surface area contributed by atoms with Crippen LogP contribution in [0.15, 0.2) is 12.3 Å². The molecule has 0 radical (unpaired) electrons. The fourth-order valence-electron chi connectivity index (χ4n) is 3.83. The Balaban J connectivity index is 1.93. The number of hydrogen-bond acceptors (Lipinski definition) is 3. The molecule has 0 spiro atoms. The van der Waals surface area contributed by atoms with E-state index in [1.165, 1.54) is 83.5 Å². The maximum Gasteiger partial charge on any atom is 0.293 e. The third kappa shape index (κ3) is 12.6. The predicted octanol–water partition coefficient (Wildman–Crippen LogP) is 7.14. The van der Waals surface area contributed by atoms with Crippen LogP contribution in [0.4, 0.5) is 0 Å². The number of aromatic nitrogens is 1. The highest BCUT2D eigenvalue weighted by Gasteiger charge is 2.10. The molecule has 0 bridgehead atoms. The Morgan fingerprint density at radius 1 is 0.862 bits per heavy atom. The molecule has 0 aliphatic carbocycles.